The number of methoxy groups -OCH3 is 2. The van der Waals surface area contributed by atoms with Crippen molar-refractivity contribution in [2.24, 2.45) is 7.05 Å². The Balaban J connectivity index is 3.28. The van der Waals surface area contributed by atoms with Gasteiger partial charge in [0.2, 0.25) is 0 Å². The maximum absolute atomic E-state index is 5.48. The Morgan fingerprint density at radius 1 is 1.11 bits per heavy atom. The molecule has 0 aliphatic heterocycles. The largest absolute Gasteiger partial charge is 0.493 e. The fraction of sp³-hybridized carbons (Fsp3) is 0.643. The average Bonchev–Trinajstić information content (AvgIpc) is 2.36. The van der Waals surface area contributed by atoms with Crippen LogP contribution in [0.25, 0.3) is 0 Å². The molecule has 18 heavy (non-hydrogen) atoms. The highest BCUT2D eigenvalue weighted by atomic mass is 32.1. The molecule has 1 aromatic heterocycles. The Morgan fingerprint density at radius 3 is 2.22 bits per heavy atom. The predicted octanol–water partition coefficient (Wildman–Crippen LogP) is 3.81. The summed E-state index contributed by atoms with van der Waals surface area (Å²) in [4.78, 5) is 0. The summed E-state index contributed by atoms with van der Waals surface area (Å²) in [6, 6.07) is 0. The van der Waals surface area contributed by atoms with Crippen LogP contribution in [-0.4, -0.2) is 18.8 Å². The van der Waals surface area contributed by atoms with Crippen molar-refractivity contribution in [1.29, 1.82) is 0 Å². The summed E-state index contributed by atoms with van der Waals surface area (Å²) >= 11 is 5.44. The van der Waals surface area contributed by atoms with Crippen molar-refractivity contribution < 1.29 is 9.47 Å². The van der Waals surface area contributed by atoms with Gasteiger partial charge >= 0.3 is 0 Å². The molecule has 0 spiro atoms. The highest BCUT2D eigenvalue weighted by Gasteiger charge is 2.16. The van der Waals surface area contributed by atoms with Gasteiger partial charge in [-0.3, -0.25) is 0 Å². The Morgan fingerprint density at radius 2 is 1.72 bits per heavy atom. The number of hydrogen-bond acceptors (Lipinski definition) is 3. The minimum atomic E-state index is 0.682. The third-order valence-corrected chi connectivity index (χ3v) is 3.71. The molecule has 4 heteroatoms. The molecule has 0 bridgehead atoms. The standard InChI is InChI=1S/C14H23NO2S/c1-6-7-8-9-11-13(17-5)14(18)12(16-4)10(2)15(11)3/h6-9H2,1-5H3. The van der Waals surface area contributed by atoms with E-state index in [1.165, 1.54) is 12.8 Å². The highest BCUT2D eigenvalue weighted by Crippen LogP contribution is 2.31. The zero-order valence-corrected chi connectivity index (χ0v) is 12.8. The van der Waals surface area contributed by atoms with E-state index < -0.39 is 0 Å². The minimum absolute atomic E-state index is 0.682. The molecule has 1 heterocycles. The third-order valence-electron chi connectivity index (χ3n) is 3.34. The van der Waals surface area contributed by atoms with Gasteiger partial charge in [-0.2, -0.15) is 0 Å². The summed E-state index contributed by atoms with van der Waals surface area (Å²) in [6.07, 6.45) is 4.58. The van der Waals surface area contributed by atoms with Crippen molar-refractivity contribution in [3.8, 4) is 11.5 Å². The lowest BCUT2D eigenvalue weighted by Gasteiger charge is -2.19. The summed E-state index contributed by atoms with van der Waals surface area (Å²) in [5.41, 5.74) is 2.21. The maximum Gasteiger partial charge on any atom is 0.160 e. The maximum atomic E-state index is 5.48. The molecule has 102 valence electrons. The summed E-state index contributed by atoms with van der Waals surface area (Å²) in [6.45, 7) is 4.23. The van der Waals surface area contributed by atoms with Crippen molar-refractivity contribution in [3.63, 3.8) is 0 Å². The molecule has 0 amide bonds. The molecule has 0 radical (unpaired) electrons. The Kier molecular flexibility index (Phi) is 5.66. The second-order valence-electron chi connectivity index (χ2n) is 4.44. The van der Waals surface area contributed by atoms with Crippen LogP contribution in [0.4, 0.5) is 0 Å². The monoisotopic (exact) mass is 269 g/mol. The van der Waals surface area contributed by atoms with E-state index in [4.69, 9.17) is 21.7 Å². The summed E-state index contributed by atoms with van der Waals surface area (Å²) in [7, 11) is 5.36. The van der Waals surface area contributed by atoms with Gasteiger partial charge in [-0.15, -0.1) is 0 Å². The minimum Gasteiger partial charge on any atom is -0.493 e. The van der Waals surface area contributed by atoms with Crippen LogP contribution in [0.15, 0.2) is 0 Å². The van der Waals surface area contributed by atoms with Crippen LogP contribution in [-0.2, 0) is 13.5 Å². The second-order valence-corrected chi connectivity index (χ2v) is 4.85. The zero-order valence-electron chi connectivity index (χ0n) is 12.0. The van der Waals surface area contributed by atoms with E-state index >= 15 is 0 Å². The quantitative estimate of drug-likeness (QED) is 0.579. The van der Waals surface area contributed by atoms with Crippen LogP contribution in [0.2, 0.25) is 0 Å². The van der Waals surface area contributed by atoms with E-state index in [2.05, 4.69) is 11.5 Å². The summed E-state index contributed by atoms with van der Waals surface area (Å²) in [5, 5.41) is 0. The van der Waals surface area contributed by atoms with E-state index in [9.17, 15) is 0 Å². The van der Waals surface area contributed by atoms with Gasteiger partial charge in [-0.1, -0.05) is 32.0 Å². The summed E-state index contributed by atoms with van der Waals surface area (Å²) in [5.74, 6) is 1.52. The van der Waals surface area contributed by atoms with Crippen molar-refractivity contribution in [1.82, 2.24) is 4.57 Å². The van der Waals surface area contributed by atoms with Crippen molar-refractivity contribution in [2.75, 3.05) is 14.2 Å². The van der Waals surface area contributed by atoms with Gasteiger partial charge in [-0.05, 0) is 19.8 Å². The van der Waals surface area contributed by atoms with E-state index in [1.54, 1.807) is 14.2 Å². The van der Waals surface area contributed by atoms with Crippen LogP contribution >= 0.6 is 12.2 Å². The van der Waals surface area contributed by atoms with Gasteiger partial charge in [0.1, 0.15) is 4.51 Å². The molecule has 3 nitrogen and oxygen atoms in total. The summed E-state index contributed by atoms with van der Waals surface area (Å²) < 4.78 is 13.7. The number of unbranched alkanes of at least 4 members (excludes halogenated alkanes) is 2. The normalized spacial score (nSPS) is 10.5. The van der Waals surface area contributed by atoms with Crippen LogP contribution in [0.1, 0.15) is 37.6 Å². The first-order valence-electron chi connectivity index (χ1n) is 6.38. The average molecular weight is 269 g/mol. The lowest BCUT2D eigenvalue weighted by atomic mass is 10.1. The molecule has 0 atom stereocenters. The molecule has 1 rings (SSSR count). The van der Waals surface area contributed by atoms with Gasteiger partial charge in [0.15, 0.2) is 11.5 Å². The Hall–Kier alpha value is -1.03. The molecule has 0 saturated carbocycles. The van der Waals surface area contributed by atoms with Crippen molar-refractivity contribution in [2.45, 2.75) is 39.5 Å². The van der Waals surface area contributed by atoms with E-state index in [0.717, 1.165) is 35.7 Å². The fourth-order valence-corrected chi connectivity index (χ4v) is 2.61. The van der Waals surface area contributed by atoms with Gasteiger partial charge in [0.25, 0.3) is 0 Å². The molecule has 0 aromatic carbocycles. The number of rotatable bonds is 6. The number of pyridine rings is 1. The third kappa shape index (κ3) is 2.86. The van der Waals surface area contributed by atoms with Gasteiger partial charge in [-0.25, -0.2) is 0 Å². The molecule has 0 N–H and O–H groups in total. The highest BCUT2D eigenvalue weighted by molar-refractivity contribution is 7.71. The molecule has 0 aliphatic carbocycles. The SMILES string of the molecule is CCCCCc1c(OC)c(=S)c(OC)c(C)n1C. The van der Waals surface area contributed by atoms with Crippen molar-refractivity contribution >= 4 is 12.2 Å². The zero-order chi connectivity index (χ0) is 13.7. The number of ether oxygens (including phenoxy) is 2. The first kappa shape index (κ1) is 15.0. The number of nitrogens with zero attached hydrogens (tertiary/aromatic N) is 1. The van der Waals surface area contributed by atoms with E-state index in [1.807, 2.05) is 14.0 Å². The second kappa shape index (κ2) is 6.78. The Labute approximate surface area is 115 Å². The topological polar surface area (TPSA) is 23.4 Å². The van der Waals surface area contributed by atoms with E-state index in [0.29, 0.717) is 4.51 Å². The van der Waals surface area contributed by atoms with Gasteiger partial charge < -0.3 is 14.0 Å². The molecule has 0 fully saturated rings. The van der Waals surface area contributed by atoms with Crippen LogP contribution in [0.3, 0.4) is 0 Å². The van der Waals surface area contributed by atoms with Crippen LogP contribution in [0, 0.1) is 11.4 Å². The Bertz CT molecular complexity index is 466. The van der Waals surface area contributed by atoms with Crippen LogP contribution in [0.5, 0.6) is 11.5 Å². The van der Waals surface area contributed by atoms with Crippen molar-refractivity contribution in [3.05, 3.63) is 15.9 Å². The molecule has 0 saturated heterocycles. The molecule has 0 aliphatic rings. The molecule has 0 unspecified atom stereocenters. The molecular weight excluding hydrogens is 246 g/mol. The van der Waals surface area contributed by atoms with E-state index in [-0.39, 0.29) is 0 Å². The van der Waals surface area contributed by atoms with Gasteiger partial charge in [0.05, 0.1) is 25.6 Å². The fourth-order valence-electron chi connectivity index (χ4n) is 2.18. The van der Waals surface area contributed by atoms with Crippen LogP contribution < -0.4 is 9.47 Å². The number of hydrogen-bond donors (Lipinski definition) is 0. The molecule has 1 aromatic rings. The predicted molar refractivity (Wildman–Crippen MR) is 77.3 cm³/mol. The lowest BCUT2D eigenvalue weighted by Crippen LogP contribution is -2.10. The van der Waals surface area contributed by atoms with Gasteiger partial charge in [0, 0.05) is 7.05 Å². The molecular formula is C14H23NO2S. The lowest BCUT2D eigenvalue weighted by molar-refractivity contribution is 0.374. The number of aromatic nitrogens is 1. The first-order chi connectivity index (χ1) is 8.58. The smallest absolute Gasteiger partial charge is 0.160 e. The first-order valence-corrected chi connectivity index (χ1v) is 6.79.